The minimum atomic E-state index is -3.44. The first kappa shape index (κ1) is 79.2. The molecule has 1 saturated carbocycles. The number of nitrogens with one attached hydrogen (secondary N) is 3. The van der Waals surface area contributed by atoms with E-state index in [1.165, 1.54) is 53.7 Å². The van der Waals surface area contributed by atoms with E-state index in [4.69, 9.17) is 25.5 Å². The molecule has 12 aromatic rings. The number of aromatic nitrogens is 8. The number of pyridine rings is 1. The molecule has 572 valence electrons. The van der Waals surface area contributed by atoms with Crippen molar-refractivity contribution >= 4 is 78.9 Å². The van der Waals surface area contributed by atoms with Crippen molar-refractivity contribution < 1.29 is 45.5 Å². The van der Waals surface area contributed by atoms with E-state index in [0.29, 0.717) is 110 Å². The van der Waals surface area contributed by atoms with Crippen LogP contribution in [0.25, 0.3) is 44.2 Å². The van der Waals surface area contributed by atoms with Crippen molar-refractivity contribution in [2.45, 2.75) is 115 Å². The van der Waals surface area contributed by atoms with Gasteiger partial charge in [-0.25, -0.2) is 42.1 Å². The predicted octanol–water partition coefficient (Wildman–Crippen LogP) is 15.8. The highest BCUT2D eigenvalue weighted by Gasteiger charge is 2.38. The summed E-state index contributed by atoms with van der Waals surface area (Å²) in [5.41, 5.74) is 8.91. The maximum absolute atomic E-state index is 13.4. The quantitative estimate of drug-likeness (QED) is 0.0476. The topological polar surface area (TPSA) is 249 Å². The summed E-state index contributed by atoms with van der Waals surface area (Å²) in [6.45, 7) is 15.8. The predicted molar refractivity (Wildman–Crippen MR) is 426 cm³/mol. The first-order chi connectivity index (χ1) is 53.2. The molecule has 0 bridgehead atoms. The standard InChI is InChI=1S/C23H20FN3O2S.C21H26ClNO3S.C20H18FN5O.C19H24N4O2S/c1-2-15-3-5-17(6-4-15)23-27-19(14-30-23)11-12-25-21(28)22-26-13-20(29-22)16-7-9-18(24)10-8-16;1-21(2,26-18-7-5-16(22)6-8-18)20(24)23(17-10-13-25-14-11-17)12-9-19-4-3-15-27-19;21-16-6-4-14(5-7-16)17-13-18(25-24-17)20(27)23-10-2-11-26-12-8-15-3-1-9-22-19(15)26;1-14-3-6-17(11-15(14)2)26(24,25)23-9-7-22(8-10-23)19-12-18(16-4-5-16)20-13-21-19/h3-10,13-14H,2,11-12H2,1H3,(H,25,28);3-8,15,17H,9-14H2,1-2H3;1,3-9,12-13H,2,10-11H2,(H,23,27)(H,24,25);3,6,11-13,16H,4-5,7-10H2,1-2H3. The minimum Gasteiger partial charge on any atom is -0.478 e. The van der Waals surface area contributed by atoms with E-state index in [2.05, 4.69) is 104 Å². The number of amides is 3. The van der Waals surface area contributed by atoms with Gasteiger partial charge in [0.1, 0.15) is 45.9 Å². The number of hydrogen-bond acceptors (Lipinski definition) is 17. The number of thiazole rings is 1. The molecule has 1 aliphatic carbocycles. The molecule has 7 aromatic heterocycles. The maximum atomic E-state index is 13.4. The van der Waals surface area contributed by atoms with Crippen molar-refractivity contribution in [3.63, 3.8) is 0 Å². The number of H-pyrrole nitrogens is 1. The zero-order valence-corrected chi connectivity index (χ0v) is 65.2. The van der Waals surface area contributed by atoms with E-state index < -0.39 is 21.5 Å². The molecule has 9 heterocycles. The lowest BCUT2D eigenvalue weighted by Crippen LogP contribution is -2.54. The molecule has 0 atom stereocenters. The van der Waals surface area contributed by atoms with Gasteiger partial charge >= 0.3 is 5.91 Å². The van der Waals surface area contributed by atoms with Gasteiger partial charge < -0.3 is 38.9 Å². The van der Waals surface area contributed by atoms with Crippen LogP contribution < -0.4 is 20.3 Å². The number of carbonyl (C=O) groups excluding carboxylic acids is 3. The monoisotopic (exact) mass is 1560 g/mol. The molecule has 2 aliphatic heterocycles. The van der Waals surface area contributed by atoms with Crippen molar-refractivity contribution in [3.8, 4) is 38.9 Å². The zero-order chi connectivity index (χ0) is 77.2. The average Bonchev–Trinajstić information content (AvgIpc) is 1.12. The molecule has 21 nitrogen and oxygen atoms in total. The van der Waals surface area contributed by atoms with Crippen LogP contribution in [0.3, 0.4) is 0 Å². The Balaban J connectivity index is 0.000000137. The van der Waals surface area contributed by atoms with Crippen LogP contribution in [0.1, 0.15) is 113 Å². The molecule has 3 aliphatic rings. The molecule has 3 N–H and O–H groups in total. The number of halogens is 3. The Bertz CT molecular complexity index is 5120. The Morgan fingerprint density at radius 1 is 0.745 bits per heavy atom. The third kappa shape index (κ3) is 21.4. The van der Waals surface area contributed by atoms with Crippen LogP contribution in [0.15, 0.2) is 203 Å². The van der Waals surface area contributed by atoms with Gasteiger partial charge in [-0.3, -0.25) is 19.5 Å². The van der Waals surface area contributed by atoms with Gasteiger partial charge in [-0.1, -0.05) is 54.9 Å². The number of rotatable bonds is 24. The van der Waals surface area contributed by atoms with Crippen LogP contribution >= 0.6 is 34.3 Å². The zero-order valence-electron chi connectivity index (χ0n) is 62.0. The smallest absolute Gasteiger partial charge is 0.307 e. The fourth-order valence-corrected chi connectivity index (χ4v) is 15.7. The van der Waals surface area contributed by atoms with Crippen LogP contribution in [0, 0.1) is 25.5 Å². The summed E-state index contributed by atoms with van der Waals surface area (Å²) in [6, 6.07) is 46.7. The van der Waals surface area contributed by atoms with Crippen molar-refractivity contribution in [2.24, 2.45) is 0 Å². The first-order valence-electron chi connectivity index (χ1n) is 36.8. The van der Waals surface area contributed by atoms with Gasteiger partial charge in [0.25, 0.3) is 17.7 Å². The summed E-state index contributed by atoms with van der Waals surface area (Å²) >= 11 is 9.27. The van der Waals surface area contributed by atoms with Crippen LogP contribution in [-0.4, -0.2) is 146 Å². The minimum absolute atomic E-state index is 0.0147. The maximum Gasteiger partial charge on any atom is 0.307 e. The summed E-state index contributed by atoms with van der Waals surface area (Å²) in [4.78, 5) is 65.6. The largest absolute Gasteiger partial charge is 0.478 e. The molecule has 3 fully saturated rings. The van der Waals surface area contributed by atoms with Gasteiger partial charge in [-0.2, -0.15) is 9.40 Å². The Hall–Kier alpha value is -10.4. The fourth-order valence-electron chi connectivity index (χ4n) is 12.5. The second kappa shape index (κ2) is 37.4. The number of benzene rings is 5. The number of piperazine rings is 1. The Morgan fingerprint density at radius 2 is 1.46 bits per heavy atom. The SMILES string of the molecule is CC(C)(Oc1ccc(Cl)cc1)C(=O)N(CCc1cccs1)C1CCOCC1.CCc1ccc(-c2nc(CCNC(=O)c3ncc(-c4ccc(F)cc4)o3)cs2)cc1.Cc1ccc(S(=O)(=O)N2CCN(c3cc(C4CC4)ncn3)CC2)cc1C.O=C(NCCCn1ccc2cccnc21)c1cc(-c2ccc(F)cc2)n[nH]1. The number of nitrogens with zero attached hydrogens (tertiary/aromatic N) is 10. The second-order valence-corrected chi connectivity index (χ2v) is 31.7. The lowest BCUT2D eigenvalue weighted by molar-refractivity contribution is -0.149. The van der Waals surface area contributed by atoms with E-state index in [1.807, 2.05) is 74.5 Å². The summed E-state index contributed by atoms with van der Waals surface area (Å²) in [5, 5.41) is 19.3. The number of fused-ring (bicyclic) bond motifs is 1. The van der Waals surface area contributed by atoms with E-state index in [1.54, 1.807) is 106 Å². The Morgan fingerprint density at radius 3 is 2.16 bits per heavy atom. The molecule has 15 rings (SSSR count). The molecule has 110 heavy (non-hydrogen) atoms. The van der Waals surface area contributed by atoms with E-state index >= 15 is 0 Å². The van der Waals surface area contributed by atoms with Crippen molar-refractivity contribution in [2.75, 3.05) is 63.9 Å². The second-order valence-electron chi connectivity index (χ2n) is 27.4. The van der Waals surface area contributed by atoms with Gasteiger partial charge in [0.2, 0.25) is 10.0 Å². The average molecular weight is 1570 g/mol. The Labute approximate surface area is 652 Å². The molecule has 0 spiro atoms. The van der Waals surface area contributed by atoms with E-state index in [0.717, 1.165) is 94.1 Å². The number of ether oxygens (including phenoxy) is 2. The third-order valence-corrected chi connectivity index (χ3v) is 23.1. The van der Waals surface area contributed by atoms with Gasteiger partial charge in [0, 0.05) is 145 Å². The normalized spacial score (nSPS) is 13.9. The van der Waals surface area contributed by atoms with Gasteiger partial charge in [0.15, 0.2) is 11.4 Å². The number of carbonyl (C=O) groups is 3. The number of aryl methyl sites for hydroxylation is 4. The van der Waals surface area contributed by atoms with Crippen molar-refractivity contribution in [1.29, 1.82) is 0 Å². The molecule has 27 heteroatoms. The fraction of sp³-hybridized carbons (Fsp3) is 0.313. The van der Waals surface area contributed by atoms with E-state index in [9.17, 15) is 31.6 Å². The first-order valence-corrected chi connectivity index (χ1v) is 40.3. The van der Waals surface area contributed by atoms with Crippen LogP contribution in [0.2, 0.25) is 5.02 Å². The number of thiophene rings is 1. The highest BCUT2D eigenvalue weighted by Crippen LogP contribution is 2.40. The lowest BCUT2D eigenvalue weighted by Gasteiger charge is -2.39. The summed E-state index contributed by atoms with van der Waals surface area (Å²) in [5.74, 6) is 1.29. The third-order valence-electron chi connectivity index (χ3n) is 19.1. The number of sulfonamides is 1. The molecule has 0 unspecified atom stereocenters. The van der Waals surface area contributed by atoms with Gasteiger partial charge in [0.05, 0.1) is 22.5 Å². The van der Waals surface area contributed by atoms with E-state index in [-0.39, 0.29) is 35.4 Å². The number of oxazole rings is 1. The van der Waals surface area contributed by atoms with Crippen LogP contribution in [0.5, 0.6) is 5.75 Å². The van der Waals surface area contributed by atoms with Gasteiger partial charge in [-0.15, -0.1) is 22.7 Å². The molecule has 0 radical (unpaired) electrons. The molecule has 3 amide bonds. The highest BCUT2D eigenvalue weighted by atomic mass is 35.5. The number of aromatic amines is 1. The van der Waals surface area contributed by atoms with Crippen LogP contribution in [0.4, 0.5) is 14.6 Å². The molecular weight excluding hydrogens is 1480 g/mol. The number of hydrogen-bond donors (Lipinski definition) is 3. The van der Waals surface area contributed by atoms with Gasteiger partial charge in [-0.05, 0) is 210 Å². The lowest BCUT2D eigenvalue weighted by atomic mass is 10.0. The van der Waals surface area contributed by atoms with Crippen molar-refractivity contribution in [1.82, 2.24) is 59.5 Å². The molecule has 5 aromatic carbocycles. The molecule has 2 saturated heterocycles. The summed E-state index contributed by atoms with van der Waals surface area (Å²) in [6.07, 6.45) is 14.3. The highest BCUT2D eigenvalue weighted by molar-refractivity contribution is 7.89. The molecular formula is C83H88ClF2N13O8S3. The summed E-state index contributed by atoms with van der Waals surface area (Å²) < 4.78 is 72.6. The summed E-state index contributed by atoms with van der Waals surface area (Å²) in [7, 11) is -3.44. The number of anilines is 1. The van der Waals surface area contributed by atoms with Crippen molar-refractivity contribution in [3.05, 3.63) is 255 Å². The Kier molecular flexibility index (Phi) is 26.9. The van der Waals surface area contributed by atoms with Crippen LogP contribution in [-0.2, 0) is 45.4 Å².